The zero-order chi connectivity index (χ0) is 14.0. The second-order valence-electron chi connectivity index (χ2n) is 5.13. The molecule has 1 fully saturated rings. The van der Waals surface area contributed by atoms with E-state index >= 15 is 0 Å². The number of para-hydroxylation sites is 1. The quantitative estimate of drug-likeness (QED) is 0.625. The molecule has 0 radical (unpaired) electrons. The average molecular weight is 264 g/mol. The van der Waals surface area contributed by atoms with E-state index in [0.29, 0.717) is 6.54 Å². The summed E-state index contributed by atoms with van der Waals surface area (Å²) in [6.45, 7) is 2.65. The molecule has 4 N–H and O–H groups in total. The number of aromatic carboxylic acids is 1. The molecule has 1 aliphatic carbocycles. The van der Waals surface area contributed by atoms with E-state index < -0.39 is 17.7 Å². The summed E-state index contributed by atoms with van der Waals surface area (Å²) in [4.78, 5) is 22.5. The Bertz CT molecular complexity index is 523. The average Bonchev–Trinajstić information content (AvgIpc) is 3.08. The largest absolute Gasteiger partial charge is 0.505 e. The van der Waals surface area contributed by atoms with Crippen LogP contribution < -0.4 is 10.6 Å². The molecule has 1 aromatic carbocycles. The Morgan fingerprint density at radius 1 is 1.37 bits per heavy atom. The molecule has 1 aromatic rings. The number of anilines is 1. The van der Waals surface area contributed by atoms with Crippen LogP contribution in [0.1, 0.15) is 30.1 Å². The topological polar surface area (TPSA) is 98.7 Å². The van der Waals surface area contributed by atoms with Gasteiger partial charge in [0.2, 0.25) is 0 Å². The van der Waals surface area contributed by atoms with Crippen molar-refractivity contribution in [3.63, 3.8) is 0 Å². The van der Waals surface area contributed by atoms with Crippen molar-refractivity contribution < 1.29 is 19.8 Å². The lowest BCUT2D eigenvalue weighted by Crippen LogP contribution is -2.33. The fourth-order valence-corrected chi connectivity index (χ4v) is 1.67. The van der Waals surface area contributed by atoms with Crippen LogP contribution in [0.2, 0.25) is 0 Å². The summed E-state index contributed by atoms with van der Waals surface area (Å²) in [7, 11) is 0. The number of hydrogen-bond donors (Lipinski definition) is 4. The van der Waals surface area contributed by atoms with E-state index in [0.717, 1.165) is 12.8 Å². The molecular formula is C13H16N2O4. The van der Waals surface area contributed by atoms with Gasteiger partial charge in [-0.2, -0.15) is 0 Å². The molecule has 6 heteroatoms. The number of carboxylic acid groups (broad SMARTS) is 1. The van der Waals surface area contributed by atoms with Crippen molar-refractivity contribution >= 4 is 17.7 Å². The number of benzene rings is 1. The first kappa shape index (κ1) is 13.2. The standard InChI is InChI=1S/C13H16N2O4/c1-13(5-6-13)7-14-12(19)15-9-4-2-3-8(10(9)16)11(17)18/h2-4,16H,5-7H2,1H3,(H,17,18)(H2,14,15,19). The summed E-state index contributed by atoms with van der Waals surface area (Å²) in [5, 5.41) is 23.7. The summed E-state index contributed by atoms with van der Waals surface area (Å²) < 4.78 is 0. The Hall–Kier alpha value is -2.24. The van der Waals surface area contributed by atoms with Gasteiger partial charge in [0.25, 0.3) is 0 Å². The molecule has 1 aliphatic rings. The predicted octanol–water partition coefficient (Wildman–Crippen LogP) is 2.01. The number of carboxylic acids is 1. The highest BCUT2D eigenvalue weighted by atomic mass is 16.4. The summed E-state index contributed by atoms with van der Waals surface area (Å²) in [5.74, 6) is -1.69. The van der Waals surface area contributed by atoms with Gasteiger partial charge >= 0.3 is 12.0 Å². The number of nitrogens with one attached hydrogen (secondary N) is 2. The van der Waals surface area contributed by atoms with Crippen LogP contribution in [0.15, 0.2) is 18.2 Å². The van der Waals surface area contributed by atoms with Gasteiger partial charge in [0.15, 0.2) is 5.75 Å². The molecule has 19 heavy (non-hydrogen) atoms. The minimum Gasteiger partial charge on any atom is -0.505 e. The van der Waals surface area contributed by atoms with Crippen LogP contribution in [0.5, 0.6) is 5.75 Å². The van der Waals surface area contributed by atoms with Gasteiger partial charge in [0.1, 0.15) is 5.56 Å². The molecule has 6 nitrogen and oxygen atoms in total. The zero-order valence-electron chi connectivity index (χ0n) is 10.6. The van der Waals surface area contributed by atoms with Crippen LogP contribution in [0.25, 0.3) is 0 Å². The van der Waals surface area contributed by atoms with Crippen molar-refractivity contribution in [2.24, 2.45) is 5.41 Å². The Morgan fingerprint density at radius 2 is 2.05 bits per heavy atom. The van der Waals surface area contributed by atoms with Gasteiger partial charge in [-0.05, 0) is 30.4 Å². The summed E-state index contributed by atoms with van der Waals surface area (Å²) in [5.41, 5.74) is 0.0211. The van der Waals surface area contributed by atoms with E-state index in [1.807, 2.05) is 0 Å². The highest BCUT2D eigenvalue weighted by Gasteiger charge is 2.37. The van der Waals surface area contributed by atoms with Crippen LogP contribution in [0.4, 0.5) is 10.5 Å². The lowest BCUT2D eigenvalue weighted by molar-refractivity contribution is 0.0694. The van der Waals surface area contributed by atoms with Crippen LogP contribution >= 0.6 is 0 Å². The predicted molar refractivity (Wildman–Crippen MR) is 69.4 cm³/mol. The Balaban J connectivity index is 2.00. The maximum Gasteiger partial charge on any atom is 0.339 e. The highest BCUT2D eigenvalue weighted by molar-refractivity contribution is 5.97. The van der Waals surface area contributed by atoms with Crippen molar-refractivity contribution in [2.75, 3.05) is 11.9 Å². The number of urea groups is 1. The second-order valence-corrected chi connectivity index (χ2v) is 5.13. The van der Waals surface area contributed by atoms with E-state index in [1.54, 1.807) is 0 Å². The zero-order valence-corrected chi connectivity index (χ0v) is 10.6. The van der Waals surface area contributed by atoms with Crippen molar-refractivity contribution in [3.05, 3.63) is 23.8 Å². The van der Waals surface area contributed by atoms with Gasteiger partial charge in [0.05, 0.1) is 5.69 Å². The Kier molecular flexibility index (Phi) is 3.33. The smallest absolute Gasteiger partial charge is 0.339 e. The number of carbonyl (C=O) groups is 2. The van der Waals surface area contributed by atoms with Crippen LogP contribution in [-0.2, 0) is 0 Å². The van der Waals surface area contributed by atoms with E-state index in [2.05, 4.69) is 17.6 Å². The molecule has 0 unspecified atom stereocenters. The maximum absolute atomic E-state index is 11.6. The normalized spacial score (nSPS) is 15.6. The first-order valence-electron chi connectivity index (χ1n) is 6.01. The first-order valence-corrected chi connectivity index (χ1v) is 6.01. The van der Waals surface area contributed by atoms with Crippen LogP contribution in [0, 0.1) is 5.41 Å². The summed E-state index contributed by atoms with van der Waals surface area (Å²) in [6, 6.07) is 3.72. The molecule has 0 atom stereocenters. The molecule has 1 saturated carbocycles. The highest BCUT2D eigenvalue weighted by Crippen LogP contribution is 2.44. The minimum atomic E-state index is -1.24. The third-order valence-corrected chi connectivity index (χ3v) is 3.29. The van der Waals surface area contributed by atoms with E-state index in [-0.39, 0.29) is 16.7 Å². The minimum absolute atomic E-state index is 0.0818. The molecule has 0 aliphatic heterocycles. The second kappa shape index (κ2) is 4.79. The van der Waals surface area contributed by atoms with Crippen molar-refractivity contribution in [2.45, 2.75) is 19.8 Å². The fourth-order valence-electron chi connectivity index (χ4n) is 1.67. The van der Waals surface area contributed by atoms with E-state index in [4.69, 9.17) is 5.11 Å². The van der Waals surface area contributed by atoms with Gasteiger partial charge in [-0.3, -0.25) is 0 Å². The van der Waals surface area contributed by atoms with Crippen LogP contribution in [-0.4, -0.2) is 28.8 Å². The summed E-state index contributed by atoms with van der Waals surface area (Å²) in [6.07, 6.45) is 2.18. The van der Waals surface area contributed by atoms with E-state index in [1.165, 1.54) is 18.2 Å². The lowest BCUT2D eigenvalue weighted by atomic mass is 10.1. The Morgan fingerprint density at radius 3 is 2.63 bits per heavy atom. The maximum atomic E-state index is 11.6. The SMILES string of the molecule is CC1(CNC(=O)Nc2cccc(C(=O)O)c2O)CC1. The molecule has 0 saturated heterocycles. The molecular weight excluding hydrogens is 248 g/mol. The third-order valence-electron chi connectivity index (χ3n) is 3.29. The number of phenols is 1. The van der Waals surface area contributed by atoms with Crippen molar-refractivity contribution in [1.29, 1.82) is 0 Å². The van der Waals surface area contributed by atoms with Crippen molar-refractivity contribution in [1.82, 2.24) is 5.32 Å². The molecule has 0 bridgehead atoms. The number of aromatic hydroxyl groups is 1. The molecule has 2 rings (SSSR count). The molecule has 0 spiro atoms. The monoisotopic (exact) mass is 264 g/mol. The molecule has 102 valence electrons. The summed E-state index contributed by atoms with van der Waals surface area (Å²) >= 11 is 0. The van der Waals surface area contributed by atoms with Gasteiger partial charge in [0, 0.05) is 6.54 Å². The van der Waals surface area contributed by atoms with E-state index in [9.17, 15) is 14.7 Å². The molecule has 0 heterocycles. The fraction of sp³-hybridized carbons (Fsp3) is 0.385. The molecule has 2 amide bonds. The Labute approximate surface area is 110 Å². The number of rotatable bonds is 4. The molecule has 0 aromatic heterocycles. The number of hydrogen-bond acceptors (Lipinski definition) is 3. The third kappa shape index (κ3) is 3.15. The van der Waals surface area contributed by atoms with Gasteiger partial charge in [-0.1, -0.05) is 13.0 Å². The van der Waals surface area contributed by atoms with Gasteiger partial charge in [-0.25, -0.2) is 9.59 Å². The lowest BCUT2D eigenvalue weighted by Gasteiger charge is -2.12. The number of amides is 2. The van der Waals surface area contributed by atoms with Gasteiger partial charge < -0.3 is 20.8 Å². The van der Waals surface area contributed by atoms with Gasteiger partial charge in [-0.15, -0.1) is 0 Å². The van der Waals surface area contributed by atoms with Crippen molar-refractivity contribution in [3.8, 4) is 5.75 Å². The first-order chi connectivity index (χ1) is 8.91. The number of carbonyl (C=O) groups excluding carboxylic acids is 1. The van der Waals surface area contributed by atoms with Crippen LogP contribution in [0.3, 0.4) is 0 Å².